The number of carbonyl (C=O) groups is 2. The van der Waals surface area contributed by atoms with Gasteiger partial charge in [-0.15, -0.1) is 0 Å². The summed E-state index contributed by atoms with van der Waals surface area (Å²) < 4.78 is 6.68. The predicted octanol–water partition coefficient (Wildman–Crippen LogP) is 6.86. The first-order valence-electron chi connectivity index (χ1n) is 12.3. The van der Waals surface area contributed by atoms with E-state index in [0.29, 0.717) is 28.8 Å². The predicted molar refractivity (Wildman–Crippen MR) is 153 cm³/mol. The Morgan fingerprint density at radius 2 is 1.68 bits per heavy atom. The number of halogens is 3. The molecule has 0 unspecified atom stereocenters. The van der Waals surface area contributed by atoms with Crippen molar-refractivity contribution in [3.8, 4) is 5.75 Å². The van der Waals surface area contributed by atoms with Crippen molar-refractivity contribution in [3.05, 3.63) is 97.9 Å². The fraction of sp³-hybridized carbons (Fsp3) is 0.310. The second-order valence-corrected chi connectivity index (χ2v) is 10.3. The number of ether oxygens (including phenoxy) is 1. The number of nitrogens with one attached hydrogen (secondary N) is 1. The summed E-state index contributed by atoms with van der Waals surface area (Å²) in [6, 6.07) is 19.9. The molecule has 0 radical (unpaired) electrons. The third-order valence-electron chi connectivity index (χ3n) is 5.91. The van der Waals surface area contributed by atoms with Crippen LogP contribution in [0.15, 0.2) is 71.2 Å². The molecule has 8 heteroatoms. The first-order chi connectivity index (χ1) is 17.8. The Labute approximate surface area is 237 Å². The monoisotopic (exact) mass is 604 g/mol. The van der Waals surface area contributed by atoms with E-state index in [-0.39, 0.29) is 25.0 Å². The molecule has 0 heterocycles. The molecule has 1 atom stereocenters. The average molecular weight is 606 g/mol. The molecular weight excluding hydrogens is 575 g/mol. The maximum Gasteiger partial charge on any atom is 0.261 e. The highest BCUT2D eigenvalue weighted by Gasteiger charge is 2.30. The van der Waals surface area contributed by atoms with E-state index < -0.39 is 6.04 Å². The van der Waals surface area contributed by atoms with Crippen molar-refractivity contribution in [2.24, 2.45) is 0 Å². The highest BCUT2D eigenvalue weighted by atomic mass is 79.9. The lowest BCUT2D eigenvalue weighted by Crippen LogP contribution is -2.51. The number of hydrogen-bond donors (Lipinski definition) is 1. The Hall–Kier alpha value is -2.54. The first-order valence-corrected chi connectivity index (χ1v) is 13.8. The molecule has 37 heavy (non-hydrogen) atoms. The second kappa shape index (κ2) is 14.4. The number of aryl methyl sites for hydroxylation is 1. The SMILES string of the molecule is CCCNC(=O)[C@H](Cc1ccccc1)N(Cc1ccc(Cl)c(Cl)c1)C(=O)COc1ccc(CC)cc1Br. The Balaban J connectivity index is 1.91. The van der Waals surface area contributed by atoms with Gasteiger partial charge in [0.05, 0.1) is 14.5 Å². The van der Waals surface area contributed by atoms with E-state index in [1.54, 1.807) is 23.1 Å². The molecular formula is C29H31BrCl2N2O3. The van der Waals surface area contributed by atoms with Crippen molar-refractivity contribution in [1.82, 2.24) is 10.2 Å². The normalized spacial score (nSPS) is 11.6. The van der Waals surface area contributed by atoms with E-state index in [1.807, 2.05) is 55.5 Å². The van der Waals surface area contributed by atoms with Gasteiger partial charge in [-0.1, -0.05) is 79.5 Å². The van der Waals surface area contributed by atoms with Crippen LogP contribution in [-0.4, -0.2) is 35.9 Å². The van der Waals surface area contributed by atoms with Crippen LogP contribution in [0.4, 0.5) is 0 Å². The molecule has 0 fully saturated rings. The largest absolute Gasteiger partial charge is 0.483 e. The van der Waals surface area contributed by atoms with Gasteiger partial charge in [0.25, 0.3) is 5.91 Å². The molecule has 3 rings (SSSR count). The molecule has 3 aromatic rings. The minimum absolute atomic E-state index is 0.173. The summed E-state index contributed by atoms with van der Waals surface area (Å²) in [6.45, 7) is 4.53. The zero-order valence-corrected chi connectivity index (χ0v) is 24.1. The van der Waals surface area contributed by atoms with Gasteiger partial charge in [-0.3, -0.25) is 9.59 Å². The zero-order chi connectivity index (χ0) is 26.8. The summed E-state index contributed by atoms with van der Waals surface area (Å²) in [5, 5.41) is 3.77. The number of rotatable bonds is 12. The van der Waals surface area contributed by atoms with Crippen molar-refractivity contribution >= 4 is 50.9 Å². The van der Waals surface area contributed by atoms with Gasteiger partial charge in [-0.2, -0.15) is 0 Å². The maximum absolute atomic E-state index is 13.7. The molecule has 2 amide bonds. The molecule has 0 aliphatic heterocycles. The summed E-state index contributed by atoms with van der Waals surface area (Å²) in [4.78, 5) is 28.6. The quantitative estimate of drug-likeness (QED) is 0.245. The zero-order valence-electron chi connectivity index (χ0n) is 21.0. The lowest BCUT2D eigenvalue weighted by molar-refractivity contribution is -0.142. The summed E-state index contributed by atoms with van der Waals surface area (Å²) in [6.07, 6.45) is 2.04. The molecule has 3 aromatic carbocycles. The van der Waals surface area contributed by atoms with E-state index in [4.69, 9.17) is 27.9 Å². The Bertz CT molecular complexity index is 1210. The Morgan fingerprint density at radius 1 is 0.946 bits per heavy atom. The van der Waals surface area contributed by atoms with Crippen molar-refractivity contribution in [1.29, 1.82) is 0 Å². The van der Waals surface area contributed by atoms with E-state index in [9.17, 15) is 9.59 Å². The van der Waals surface area contributed by atoms with Crippen LogP contribution in [0.3, 0.4) is 0 Å². The fourth-order valence-corrected chi connectivity index (χ4v) is 4.72. The standard InChI is InChI=1S/C29H31BrCl2N2O3/c1-3-14-33-29(36)26(17-21-8-6-5-7-9-21)34(18-22-10-12-24(31)25(32)16-22)28(35)19-37-27-13-11-20(4-2)15-23(27)30/h5-13,15-16,26H,3-4,14,17-19H2,1-2H3,(H,33,36)/t26-/m0/s1. The smallest absolute Gasteiger partial charge is 0.261 e. The van der Waals surface area contributed by atoms with E-state index in [0.717, 1.165) is 34.0 Å². The number of benzene rings is 3. The van der Waals surface area contributed by atoms with E-state index >= 15 is 0 Å². The minimum atomic E-state index is -0.745. The maximum atomic E-state index is 13.7. The minimum Gasteiger partial charge on any atom is -0.483 e. The van der Waals surface area contributed by atoms with Crippen LogP contribution in [-0.2, 0) is 29.0 Å². The summed E-state index contributed by atoms with van der Waals surface area (Å²) in [5.41, 5.74) is 2.87. The fourth-order valence-electron chi connectivity index (χ4n) is 3.86. The highest BCUT2D eigenvalue weighted by molar-refractivity contribution is 9.10. The van der Waals surface area contributed by atoms with Crippen LogP contribution in [0.1, 0.15) is 37.0 Å². The Kier molecular flexibility index (Phi) is 11.3. The van der Waals surface area contributed by atoms with Gasteiger partial charge >= 0.3 is 0 Å². The number of hydrogen-bond acceptors (Lipinski definition) is 3. The van der Waals surface area contributed by atoms with Gasteiger partial charge < -0.3 is 15.0 Å². The molecule has 0 bridgehead atoms. The van der Waals surface area contributed by atoms with Crippen LogP contribution < -0.4 is 10.1 Å². The topological polar surface area (TPSA) is 58.6 Å². The van der Waals surface area contributed by atoms with Gasteiger partial charge in [-0.05, 0) is 69.7 Å². The van der Waals surface area contributed by atoms with Gasteiger partial charge in [-0.25, -0.2) is 0 Å². The molecule has 0 spiro atoms. The van der Waals surface area contributed by atoms with Crippen LogP contribution in [0.5, 0.6) is 5.75 Å². The van der Waals surface area contributed by atoms with E-state index in [1.165, 1.54) is 0 Å². The van der Waals surface area contributed by atoms with Crippen molar-refractivity contribution in [3.63, 3.8) is 0 Å². The molecule has 5 nitrogen and oxygen atoms in total. The van der Waals surface area contributed by atoms with Gasteiger partial charge in [0.15, 0.2) is 6.61 Å². The van der Waals surface area contributed by atoms with Gasteiger partial charge in [0.1, 0.15) is 11.8 Å². The third-order valence-corrected chi connectivity index (χ3v) is 7.27. The molecule has 0 saturated carbocycles. The molecule has 0 aliphatic carbocycles. The lowest BCUT2D eigenvalue weighted by atomic mass is 10.0. The van der Waals surface area contributed by atoms with Gasteiger partial charge in [0.2, 0.25) is 5.91 Å². The average Bonchev–Trinajstić information content (AvgIpc) is 2.90. The second-order valence-electron chi connectivity index (χ2n) is 8.67. The van der Waals surface area contributed by atoms with Crippen LogP contribution in [0, 0.1) is 0 Å². The number of nitrogens with zero attached hydrogens (tertiary/aromatic N) is 1. The molecule has 1 N–H and O–H groups in total. The number of amides is 2. The van der Waals surface area contributed by atoms with Crippen LogP contribution in [0.25, 0.3) is 0 Å². The van der Waals surface area contributed by atoms with Crippen molar-refractivity contribution < 1.29 is 14.3 Å². The van der Waals surface area contributed by atoms with Crippen molar-refractivity contribution in [2.75, 3.05) is 13.2 Å². The Morgan fingerprint density at radius 3 is 2.32 bits per heavy atom. The molecule has 0 aromatic heterocycles. The van der Waals surface area contributed by atoms with Crippen LogP contribution >= 0.6 is 39.1 Å². The summed E-state index contributed by atoms with van der Waals surface area (Å²) >= 11 is 15.9. The lowest BCUT2D eigenvalue weighted by Gasteiger charge is -2.31. The van der Waals surface area contributed by atoms with Crippen molar-refractivity contribution in [2.45, 2.75) is 45.7 Å². The third kappa shape index (κ3) is 8.49. The van der Waals surface area contributed by atoms with Crippen LogP contribution in [0.2, 0.25) is 10.0 Å². The summed E-state index contributed by atoms with van der Waals surface area (Å²) in [7, 11) is 0. The first kappa shape index (κ1) is 29.0. The van der Waals surface area contributed by atoms with Gasteiger partial charge in [0, 0.05) is 19.5 Å². The molecule has 0 aliphatic rings. The molecule has 0 saturated heterocycles. The highest BCUT2D eigenvalue weighted by Crippen LogP contribution is 2.27. The summed E-state index contributed by atoms with van der Waals surface area (Å²) in [5.74, 6) is 0.0350. The number of carbonyl (C=O) groups excluding carboxylic acids is 2. The van der Waals surface area contributed by atoms with E-state index in [2.05, 4.69) is 28.2 Å². The molecule has 196 valence electrons.